The summed E-state index contributed by atoms with van der Waals surface area (Å²) in [6, 6.07) is 5.77. The predicted octanol–water partition coefficient (Wildman–Crippen LogP) is 4.90. The van der Waals surface area contributed by atoms with E-state index in [0.29, 0.717) is 10.5 Å². The molecule has 0 bridgehead atoms. The van der Waals surface area contributed by atoms with Crippen LogP contribution >= 0.6 is 49.0 Å². The quantitative estimate of drug-likeness (QED) is 0.496. The van der Waals surface area contributed by atoms with Crippen LogP contribution in [-0.2, 0) is 4.79 Å². The van der Waals surface area contributed by atoms with Crippen molar-refractivity contribution < 1.29 is 18.5 Å². The van der Waals surface area contributed by atoms with Crippen molar-refractivity contribution in [3.63, 3.8) is 0 Å². The first-order valence-corrected chi connectivity index (χ1v) is 12.4. The Kier molecular flexibility index (Phi) is 8.89. The summed E-state index contributed by atoms with van der Waals surface area (Å²) < 4.78 is 12.1. The minimum absolute atomic E-state index is 0. The molecule has 0 saturated carbocycles. The molecule has 2 saturated heterocycles. The number of amides is 1. The monoisotopic (exact) mass is 559 g/mol. The highest BCUT2D eigenvalue weighted by atomic mass is 35.5. The third kappa shape index (κ3) is 4.84. The fourth-order valence-electron chi connectivity index (χ4n) is 5.25. The second kappa shape index (κ2) is 11.2. The summed E-state index contributed by atoms with van der Waals surface area (Å²) in [6.45, 7) is 3.44. The number of rotatable bonds is 4. The fourth-order valence-corrected chi connectivity index (χ4v) is 6.19. The second-order valence-electron chi connectivity index (χ2n) is 8.81. The first kappa shape index (κ1) is 27.9. The Morgan fingerprint density at radius 1 is 1.20 bits per heavy atom. The summed E-state index contributed by atoms with van der Waals surface area (Å²) in [6.07, 6.45) is 10.6. The van der Waals surface area contributed by atoms with Crippen LogP contribution in [0.5, 0.6) is 5.75 Å². The summed E-state index contributed by atoms with van der Waals surface area (Å²) in [5, 5.41) is 2.49. The molecule has 190 valence electrons. The molecular formula is C24H30Cl3N4O3S+. The molecule has 0 unspecified atom stereocenters. The fraction of sp³-hybridized carbons (Fsp3) is 0.417. The predicted molar refractivity (Wildman–Crippen MR) is 145 cm³/mol. The van der Waals surface area contributed by atoms with Crippen LogP contribution in [0.3, 0.4) is 0 Å². The lowest BCUT2D eigenvalue weighted by molar-refractivity contribution is -0.949. The van der Waals surface area contributed by atoms with Gasteiger partial charge in [-0.2, -0.15) is 4.59 Å². The number of ether oxygens (including phenoxy) is 1. The van der Waals surface area contributed by atoms with Crippen molar-refractivity contribution in [3.8, 4) is 5.75 Å². The van der Waals surface area contributed by atoms with Crippen molar-refractivity contribution in [2.45, 2.75) is 18.8 Å². The first-order chi connectivity index (χ1) is 15.7. The number of piperidine rings is 1. The standard InChI is InChI=1S/C24H27N4O3S.3ClH/c1-30-20-4-5-21-22(14-20)31-23(25-21)17-6-8-27(9-7-17)28-11-2-3-19(28)13-18(15-28)24(29)26-10-12-32-16-26;;;/h2-5,11,13-14,17H,6-10,12,15-16H2,1H3;3*1H/q+1;;;/t28-;;;/m1.../s1. The number of carbonyl (C=O) groups excluding carboxylic acids is 1. The Labute approximate surface area is 228 Å². The summed E-state index contributed by atoms with van der Waals surface area (Å²) >= 11 is 1.83. The Morgan fingerprint density at radius 3 is 2.71 bits per heavy atom. The van der Waals surface area contributed by atoms with Gasteiger partial charge in [0.2, 0.25) is 0 Å². The average molecular weight is 561 g/mol. The van der Waals surface area contributed by atoms with E-state index in [1.54, 1.807) is 7.11 Å². The van der Waals surface area contributed by atoms with Gasteiger partial charge in [-0.25, -0.2) is 4.98 Å². The van der Waals surface area contributed by atoms with Crippen molar-refractivity contribution in [1.29, 1.82) is 0 Å². The number of carbonyl (C=O) groups is 1. The highest BCUT2D eigenvalue weighted by molar-refractivity contribution is 7.99. The van der Waals surface area contributed by atoms with E-state index in [9.17, 15) is 4.79 Å². The molecule has 0 N–H and O–H groups in total. The molecule has 2 fully saturated rings. The van der Waals surface area contributed by atoms with Gasteiger partial charge in [-0.1, -0.05) is 0 Å². The Bertz CT molecular complexity index is 1170. The van der Waals surface area contributed by atoms with Crippen molar-refractivity contribution in [1.82, 2.24) is 14.9 Å². The van der Waals surface area contributed by atoms with E-state index in [-0.39, 0.29) is 43.1 Å². The van der Waals surface area contributed by atoms with Crippen LogP contribution < -0.4 is 4.74 Å². The number of nitrogens with zero attached hydrogens (tertiary/aromatic N) is 4. The van der Waals surface area contributed by atoms with Gasteiger partial charge in [0, 0.05) is 49.5 Å². The van der Waals surface area contributed by atoms with Gasteiger partial charge in [0.15, 0.2) is 17.2 Å². The molecule has 1 amide bonds. The Morgan fingerprint density at radius 2 is 2.00 bits per heavy atom. The molecular weight excluding hydrogens is 531 g/mol. The van der Waals surface area contributed by atoms with Crippen LogP contribution in [-0.4, -0.2) is 70.3 Å². The van der Waals surface area contributed by atoms with E-state index in [1.807, 2.05) is 34.9 Å². The highest BCUT2D eigenvalue weighted by Gasteiger charge is 2.48. The normalized spacial score (nSPS) is 23.7. The molecule has 7 nitrogen and oxygen atoms in total. The number of benzene rings is 1. The zero-order chi connectivity index (χ0) is 21.7. The molecule has 4 aliphatic heterocycles. The molecule has 0 aliphatic carbocycles. The number of hydrogen-bond donors (Lipinski definition) is 0. The van der Waals surface area contributed by atoms with Gasteiger partial charge in [0.1, 0.15) is 24.0 Å². The van der Waals surface area contributed by atoms with Crippen molar-refractivity contribution in [2.75, 3.05) is 44.9 Å². The number of quaternary nitrogens is 1. The summed E-state index contributed by atoms with van der Waals surface area (Å²) in [5.41, 5.74) is 3.79. The molecule has 6 rings (SSSR count). The third-order valence-electron chi connectivity index (χ3n) is 7.03. The minimum atomic E-state index is 0. The van der Waals surface area contributed by atoms with E-state index in [1.165, 1.54) is 5.70 Å². The minimum Gasteiger partial charge on any atom is -0.497 e. The van der Waals surface area contributed by atoms with Gasteiger partial charge in [-0.05, 0) is 31.1 Å². The molecule has 1 aromatic heterocycles. The summed E-state index contributed by atoms with van der Waals surface area (Å²) in [7, 11) is 1.66. The number of halogens is 3. The van der Waals surface area contributed by atoms with Gasteiger partial charge in [-0.15, -0.1) is 54.0 Å². The van der Waals surface area contributed by atoms with Crippen LogP contribution in [0.1, 0.15) is 24.7 Å². The summed E-state index contributed by atoms with van der Waals surface area (Å²) in [5.74, 6) is 3.96. The topological polar surface area (TPSA) is 58.8 Å². The largest absolute Gasteiger partial charge is 0.497 e. The maximum absolute atomic E-state index is 13.0. The lowest BCUT2D eigenvalue weighted by Crippen LogP contribution is -2.56. The SMILES string of the molecule is COc1ccc2nc(C3CCN([N@@+]45C=CC=C4C=C(C(=O)N4CCSC4)C5)CC3)oc2c1.Cl.Cl.Cl. The number of aromatic nitrogens is 1. The molecule has 35 heavy (non-hydrogen) atoms. The molecule has 0 radical (unpaired) electrons. The zero-order valence-corrected chi connectivity index (χ0v) is 22.7. The van der Waals surface area contributed by atoms with Crippen molar-refractivity contribution in [3.05, 3.63) is 59.8 Å². The van der Waals surface area contributed by atoms with Crippen LogP contribution in [0.15, 0.2) is 58.3 Å². The smallest absolute Gasteiger partial charge is 0.256 e. The van der Waals surface area contributed by atoms with Crippen LogP contribution in [0.25, 0.3) is 11.1 Å². The Hall–Kier alpha value is -1.68. The van der Waals surface area contributed by atoms with Crippen LogP contribution in [0.2, 0.25) is 0 Å². The van der Waals surface area contributed by atoms with E-state index >= 15 is 0 Å². The number of thioether (sulfide) groups is 1. The molecule has 2 aromatic rings. The van der Waals surface area contributed by atoms with Crippen molar-refractivity contribution in [2.24, 2.45) is 0 Å². The van der Waals surface area contributed by atoms with Crippen LogP contribution in [0.4, 0.5) is 0 Å². The number of oxazole rings is 1. The second-order valence-corrected chi connectivity index (χ2v) is 9.88. The number of fused-ring (bicyclic) bond motifs is 2. The third-order valence-corrected chi connectivity index (χ3v) is 8.00. The van der Waals surface area contributed by atoms with E-state index in [2.05, 4.69) is 29.4 Å². The molecule has 0 spiro atoms. The number of methoxy groups -OCH3 is 1. The first-order valence-electron chi connectivity index (χ1n) is 11.2. The van der Waals surface area contributed by atoms with Gasteiger partial charge >= 0.3 is 0 Å². The molecule has 1 atom stereocenters. The van der Waals surface area contributed by atoms with E-state index < -0.39 is 0 Å². The van der Waals surface area contributed by atoms with E-state index in [0.717, 1.165) is 79.0 Å². The lowest BCUT2D eigenvalue weighted by atomic mass is 9.97. The molecule has 5 heterocycles. The maximum Gasteiger partial charge on any atom is 0.256 e. The number of allylic oxidation sites excluding steroid dienone is 3. The van der Waals surface area contributed by atoms with Gasteiger partial charge in [0.25, 0.3) is 5.91 Å². The molecule has 11 heteroatoms. The average Bonchev–Trinajstić information content (AvgIpc) is 3.61. The van der Waals surface area contributed by atoms with Crippen molar-refractivity contribution >= 4 is 66.0 Å². The molecule has 1 aromatic carbocycles. The van der Waals surface area contributed by atoms with Gasteiger partial charge in [-0.3, -0.25) is 4.79 Å². The number of hydrogen-bond acceptors (Lipinski definition) is 6. The summed E-state index contributed by atoms with van der Waals surface area (Å²) in [4.78, 5) is 19.7. The van der Waals surface area contributed by atoms with E-state index in [4.69, 9.17) is 14.1 Å². The lowest BCUT2D eigenvalue weighted by Gasteiger charge is -2.42. The maximum atomic E-state index is 13.0. The highest BCUT2D eigenvalue weighted by Crippen LogP contribution is 2.41. The molecule has 4 aliphatic rings. The van der Waals surface area contributed by atoms with Gasteiger partial charge in [0.05, 0.1) is 18.6 Å². The van der Waals surface area contributed by atoms with Gasteiger partial charge < -0.3 is 14.1 Å². The Balaban J connectivity index is 0.00000114. The zero-order valence-electron chi connectivity index (χ0n) is 19.4. The van der Waals surface area contributed by atoms with Crippen LogP contribution in [0, 0.1) is 0 Å².